The Hall–Kier alpha value is -2.05. The summed E-state index contributed by atoms with van der Waals surface area (Å²) in [5.74, 6) is 4.47. The number of hydrogen-bond donors (Lipinski definition) is 1. The summed E-state index contributed by atoms with van der Waals surface area (Å²) in [6.45, 7) is 2.12. The molecule has 2 N–H and O–H groups in total. The van der Waals surface area contributed by atoms with Crippen molar-refractivity contribution in [3.63, 3.8) is 0 Å². The Morgan fingerprint density at radius 3 is 2.85 bits per heavy atom. The van der Waals surface area contributed by atoms with E-state index in [1.807, 2.05) is 18.2 Å². The van der Waals surface area contributed by atoms with E-state index >= 15 is 0 Å². The van der Waals surface area contributed by atoms with Crippen molar-refractivity contribution in [2.75, 3.05) is 18.0 Å². The SMILES string of the molecule is C#CCN(CC1CC1)c1cc(CN)c2ccccc2n1. The normalized spacial score (nSPS) is 14.2. The van der Waals surface area contributed by atoms with Crippen molar-refractivity contribution in [1.82, 2.24) is 4.98 Å². The Kier molecular flexibility index (Phi) is 3.58. The van der Waals surface area contributed by atoms with Crippen LogP contribution in [0.3, 0.4) is 0 Å². The Morgan fingerprint density at radius 1 is 1.35 bits per heavy atom. The maximum atomic E-state index is 5.89. The van der Waals surface area contributed by atoms with E-state index in [1.54, 1.807) is 0 Å². The molecule has 1 fully saturated rings. The number of nitrogens with two attached hydrogens (primary N) is 1. The van der Waals surface area contributed by atoms with Crippen LogP contribution in [0.5, 0.6) is 0 Å². The fraction of sp³-hybridized carbons (Fsp3) is 0.353. The van der Waals surface area contributed by atoms with E-state index in [2.05, 4.69) is 23.0 Å². The quantitative estimate of drug-likeness (QED) is 0.845. The van der Waals surface area contributed by atoms with Gasteiger partial charge in [-0.2, -0.15) is 0 Å². The number of benzene rings is 1. The molecule has 0 unspecified atom stereocenters. The minimum Gasteiger partial charge on any atom is -0.345 e. The minimum atomic E-state index is 0.517. The number of fused-ring (bicyclic) bond motifs is 1. The minimum absolute atomic E-state index is 0.517. The van der Waals surface area contributed by atoms with Crippen molar-refractivity contribution >= 4 is 16.7 Å². The molecule has 3 heteroatoms. The lowest BCUT2D eigenvalue weighted by Crippen LogP contribution is -2.27. The number of nitrogens with zero attached hydrogens (tertiary/aromatic N) is 2. The first-order valence-corrected chi connectivity index (χ1v) is 7.09. The molecular formula is C17H19N3. The molecule has 1 heterocycles. The van der Waals surface area contributed by atoms with E-state index < -0.39 is 0 Å². The lowest BCUT2D eigenvalue weighted by atomic mass is 10.1. The summed E-state index contributed by atoms with van der Waals surface area (Å²) < 4.78 is 0. The lowest BCUT2D eigenvalue weighted by molar-refractivity contribution is 0.756. The number of rotatable bonds is 5. The lowest BCUT2D eigenvalue weighted by Gasteiger charge is -2.22. The van der Waals surface area contributed by atoms with Crippen molar-refractivity contribution in [3.05, 3.63) is 35.9 Å². The Labute approximate surface area is 119 Å². The third-order valence-corrected chi connectivity index (χ3v) is 3.79. The highest BCUT2D eigenvalue weighted by atomic mass is 15.2. The van der Waals surface area contributed by atoms with Crippen LogP contribution >= 0.6 is 0 Å². The van der Waals surface area contributed by atoms with Gasteiger partial charge in [-0.25, -0.2) is 4.98 Å². The topological polar surface area (TPSA) is 42.1 Å². The van der Waals surface area contributed by atoms with Gasteiger partial charge in [-0.1, -0.05) is 24.1 Å². The first-order chi connectivity index (χ1) is 9.81. The maximum Gasteiger partial charge on any atom is 0.130 e. The van der Waals surface area contributed by atoms with Crippen molar-refractivity contribution in [2.45, 2.75) is 19.4 Å². The van der Waals surface area contributed by atoms with Crippen molar-refractivity contribution in [2.24, 2.45) is 11.7 Å². The molecule has 1 aliphatic rings. The average Bonchev–Trinajstić information content (AvgIpc) is 3.29. The van der Waals surface area contributed by atoms with E-state index in [4.69, 9.17) is 17.1 Å². The predicted octanol–water partition coefficient (Wildman–Crippen LogP) is 2.54. The van der Waals surface area contributed by atoms with Crippen LogP contribution in [0.25, 0.3) is 10.9 Å². The number of pyridine rings is 1. The molecule has 1 aromatic carbocycles. The zero-order chi connectivity index (χ0) is 13.9. The zero-order valence-corrected chi connectivity index (χ0v) is 11.5. The van der Waals surface area contributed by atoms with Gasteiger partial charge in [-0.05, 0) is 36.5 Å². The summed E-state index contributed by atoms with van der Waals surface area (Å²) in [4.78, 5) is 6.96. The molecule has 1 saturated carbocycles. The summed E-state index contributed by atoms with van der Waals surface area (Å²) in [5.41, 5.74) is 8.00. The number of para-hydroxylation sites is 1. The molecule has 0 radical (unpaired) electrons. The van der Waals surface area contributed by atoms with Crippen LogP contribution in [0.15, 0.2) is 30.3 Å². The molecule has 3 rings (SSSR count). The van der Waals surface area contributed by atoms with Crippen molar-refractivity contribution in [3.8, 4) is 12.3 Å². The highest BCUT2D eigenvalue weighted by Gasteiger charge is 2.25. The van der Waals surface area contributed by atoms with E-state index in [1.165, 1.54) is 12.8 Å². The number of aromatic nitrogens is 1. The van der Waals surface area contributed by atoms with Crippen LogP contribution in [0.4, 0.5) is 5.82 Å². The fourth-order valence-corrected chi connectivity index (χ4v) is 2.52. The molecule has 20 heavy (non-hydrogen) atoms. The van der Waals surface area contributed by atoms with Crippen molar-refractivity contribution < 1.29 is 0 Å². The molecule has 0 saturated heterocycles. The first-order valence-electron chi connectivity index (χ1n) is 7.09. The Morgan fingerprint density at radius 2 is 2.15 bits per heavy atom. The monoisotopic (exact) mass is 265 g/mol. The molecule has 0 atom stereocenters. The van der Waals surface area contributed by atoms with Gasteiger partial charge in [0.05, 0.1) is 12.1 Å². The maximum absolute atomic E-state index is 5.89. The van der Waals surface area contributed by atoms with Gasteiger partial charge in [-0.15, -0.1) is 6.42 Å². The van der Waals surface area contributed by atoms with Crippen LogP contribution in [0.2, 0.25) is 0 Å². The fourth-order valence-electron chi connectivity index (χ4n) is 2.52. The van der Waals surface area contributed by atoms with Crippen molar-refractivity contribution in [1.29, 1.82) is 0 Å². The number of anilines is 1. The van der Waals surface area contributed by atoms with E-state index in [-0.39, 0.29) is 0 Å². The molecule has 1 aromatic heterocycles. The van der Waals surface area contributed by atoms with Gasteiger partial charge in [0.25, 0.3) is 0 Å². The summed E-state index contributed by atoms with van der Waals surface area (Å²) in [6, 6.07) is 10.2. The van der Waals surface area contributed by atoms with Crippen LogP contribution < -0.4 is 10.6 Å². The van der Waals surface area contributed by atoms with Crippen LogP contribution in [-0.2, 0) is 6.54 Å². The van der Waals surface area contributed by atoms with E-state index in [9.17, 15) is 0 Å². The number of hydrogen-bond acceptors (Lipinski definition) is 3. The zero-order valence-electron chi connectivity index (χ0n) is 11.5. The summed E-state index contributed by atoms with van der Waals surface area (Å²) in [7, 11) is 0. The molecule has 1 aliphatic carbocycles. The largest absolute Gasteiger partial charge is 0.345 e. The van der Waals surface area contributed by atoms with Gasteiger partial charge < -0.3 is 10.6 Å². The van der Waals surface area contributed by atoms with E-state index in [0.29, 0.717) is 13.1 Å². The van der Waals surface area contributed by atoms with Gasteiger partial charge >= 0.3 is 0 Å². The first kappa shape index (κ1) is 13.0. The van der Waals surface area contributed by atoms with Gasteiger partial charge in [0.1, 0.15) is 5.82 Å². The second-order valence-electron chi connectivity index (χ2n) is 5.39. The van der Waals surface area contributed by atoms with Crippen LogP contribution in [-0.4, -0.2) is 18.1 Å². The van der Waals surface area contributed by atoms with Gasteiger partial charge in [0.15, 0.2) is 0 Å². The molecule has 3 nitrogen and oxygen atoms in total. The van der Waals surface area contributed by atoms with Gasteiger partial charge in [-0.3, -0.25) is 0 Å². The highest BCUT2D eigenvalue weighted by molar-refractivity contribution is 5.84. The molecule has 0 spiro atoms. The average molecular weight is 265 g/mol. The summed E-state index contributed by atoms with van der Waals surface area (Å²) in [6.07, 6.45) is 8.11. The number of terminal acetylenes is 1. The van der Waals surface area contributed by atoms with Crippen LogP contribution in [0, 0.1) is 18.3 Å². The Bertz CT molecular complexity index is 653. The predicted molar refractivity (Wildman–Crippen MR) is 83.4 cm³/mol. The third kappa shape index (κ3) is 2.61. The molecule has 102 valence electrons. The van der Waals surface area contributed by atoms with Gasteiger partial charge in [0, 0.05) is 18.5 Å². The standard InChI is InChI=1S/C17H19N3/c1-2-9-20(12-13-7-8-13)17-10-14(11-18)15-5-3-4-6-16(15)19-17/h1,3-6,10,13H,7-9,11-12,18H2. The molecular weight excluding hydrogens is 246 g/mol. The summed E-state index contributed by atoms with van der Waals surface area (Å²) in [5, 5.41) is 1.13. The molecule has 0 bridgehead atoms. The highest BCUT2D eigenvalue weighted by Crippen LogP contribution is 2.31. The summed E-state index contributed by atoms with van der Waals surface area (Å²) >= 11 is 0. The smallest absolute Gasteiger partial charge is 0.130 e. The Balaban J connectivity index is 2.02. The molecule has 2 aromatic rings. The van der Waals surface area contributed by atoms with Crippen LogP contribution in [0.1, 0.15) is 18.4 Å². The molecule has 0 amide bonds. The second-order valence-corrected chi connectivity index (χ2v) is 5.39. The van der Waals surface area contributed by atoms with Gasteiger partial charge in [0.2, 0.25) is 0 Å². The molecule has 0 aliphatic heterocycles. The second kappa shape index (κ2) is 5.52. The van der Waals surface area contributed by atoms with E-state index in [0.717, 1.165) is 34.7 Å². The third-order valence-electron chi connectivity index (χ3n) is 3.79.